The number of rotatable bonds is 6. The van der Waals surface area contributed by atoms with Crippen LogP contribution in [0, 0.1) is 17.1 Å². The van der Waals surface area contributed by atoms with E-state index < -0.39 is 29.5 Å². The van der Waals surface area contributed by atoms with E-state index in [0.717, 1.165) is 17.4 Å². The molecule has 1 fully saturated rings. The number of hydrogen-bond acceptors (Lipinski definition) is 4. The van der Waals surface area contributed by atoms with E-state index in [1.165, 1.54) is 21.7 Å². The third-order valence-electron chi connectivity index (χ3n) is 4.60. The highest BCUT2D eigenvalue weighted by Gasteiger charge is 2.33. The second kappa shape index (κ2) is 7.58. The van der Waals surface area contributed by atoms with Gasteiger partial charge in [0, 0.05) is 30.9 Å². The Balaban J connectivity index is 1.91. The molecule has 1 amide bonds. The first-order valence-corrected chi connectivity index (χ1v) is 8.73. The van der Waals surface area contributed by atoms with Crippen molar-refractivity contribution in [3.8, 4) is 6.07 Å². The predicted molar refractivity (Wildman–Crippen MR) is 95.3 cm³/mol. The molecule has 3 rings (SSSR count). The summed E-state index contributed by atoms with van der Waals surface area (Å²) in [5.74, 6) is -0.856. The third kappa shape index (κ3) is 3.82. The lowest BCUT2D eigenvalue weighted by molar-refractivity contribution is -0.133. The lowest BCUT2D eigenvalue weighted by Gasteiger charge is -2.23. The molecule has 0 saturated heterocycles. The molecular formula is C19H19FN4O3. The molecule has 1 aromatic carbocycles. The molecule has 0 bridgehead atoms. The zero-order chi connectivity index (χ0) is 19.6. The fraction of sp³-hybridized carbons (Fsp3) is 0.368. The van der Waals surface area contributed by atoms with Crippen molar-refractivity contribution in [2.24, 2.45) is 0 Å². The summed E-state index contributed by atoms with van der Waals surface area (Å²) < 4.78 is 16.0. The van der Waals surface area contributed by atoms with Crippen LogP contribution in [0.15, 0.2) is 40.1 Å². The normalized spacial score (nSPS) is 13.2. The summed E-state index contributed by atoms with van der Waals surface area (Å²) in [7, 11) is 0. The smallest absolute Gasteiger partial charge is 0.331 e. The SMILES string of the molecule is CCn1cc(C#N)c(=O)n(CC(=O)N(Cc2ccccc2F)C2CC2)c1=O. The molecule has 7 nitrogen and oxygen atoms in total. The Hall–Kier alpha value is -3.21. The standard InChI is InChI=1S/C19H19FN4O3/c1-2-22-10-14(9-21)18(26)24(19(22)27)12-17(25)23(15-7-8-15)11-13-5-3-4-6-16(13)20/h3-6,10,15H,2,7-8,11-12H2,1H3. The number of halogens is 1. The Bertz CT molecular complexity index is 1030. The second-order valence-electron chi connectivity index (χ2n) is 6.46. The van der Waals surface area contributed by atoms with Gasteiger partial charge < -0.3 is 4.90 Å². The molecule has 1 aromatic heterocycles. The van der Waals surface area contributed by atoms with Gasteiger partial charge in [0.1, 0.15) is 24.0 Å². The number of nitrogens with zero attached hydrogens (tertiary/aromatic N) is 4. The molecule has 27 heavy (non-hydrogen) atoms. The van der Waals surface area contributed by atoms with E-state index in [1.807, 2.05) is 0 Å². The monoisotopic (exact) mass is 370 g/mol. The third-order valence-corrected chi connectivity index (χ3v) is 4.60. The van der Waals surface area contributed by atoms with Gasteiger partial charge in [-0.25, -0.2) is 13.8 Å². The van der Waals surface area contributed by atoms with E-state index in [2.05, 4.69) is 0 Å². The summed E-state index contributed by atoms with van der Waals surface area (Å²) in [6.07, 6.45) is 2.79. The lowest BCUT2D eigenvalue weighted by atomic mass is 10.2. The van der Waals surface area contributed by atoms with E-state index in [0.29, 0.717) is 5.56 Å². The van der Waals surface area contributed by atoms with Gasteiger partial charge in [-0.1, -0.05) is 18.2 Å². The van der Waals surface area contributed by atoms with Crippen molar-refractivity contribution >= 4 is 5.91 Å². The first kappa shape index (κ1) is 18.6. The van der Waals surface area contributed by atoms with Crippen LogP contribution < -0.4 is 11.2 Å². The molecule has 1 aliphatic rings. The van der Waals surface area contributed by atoms with E-state index in [-0.39, 0.29) is 24.7 Å². The fourth-order valence-corrected chi connectivity index (χ4v) is 2.94. The van der Waals surface area contributed by atoms with Gasteiger partial charge in [-0.3, -0.25) is 14.2 Å². The van der Waals surface area contributed by atoms with Crippen LogP contribution in [0.25, 0.3) is 0 Å². The Morgan fingerprint density at radius 3 is 2.63 bits per heavy atom. The summed E-state index contributed by atoms with van der Waals surface area (Å²) >= 11 is 0. The zero-order valence-electron chi connectivity index (χ0n) is 14.9. The van der Waals surface area contributed by atoms with Gasteiger partial charge in [0.2, 0.25) is 5.91 Å². The highest BCUT2D eigenvalue weighted by molar-refractivity contribution is 5.76. The summed E-state index contributed by atoms with van der Waals surface area (Å²) in [5.41, 5.74) is -1.25. The van der Waals surface area contributed by atoms with E-state index in [9.17, 15) is 18.8 Å². The van der Waals surface area contributed by atoms with Gasteiger partial charge in [-0.15, -0.1) is 0 Å². The number of aryl methyl sites for hydroxylation is 1. The molecule has 8 heteroatoms. The van der Waals surface area contributed by atoms with Crippen LogP contribution in [0.5, 0.6) is 0 Å². The van der Waals surface area contributed by atoms with Crippen molar-refractivity contribution in [1.29, 1.82) is 5.26 Å². The first-order chi connectivity index (χ1) is 13.0. The molecule has 1 saturated carbocycles. The Morgan fingerprint density at radius 1 is 1.33 bits per heavy atom. The number of aromatic nitrogens is 2. The molecule has 1 heterocycles. The highest BCUT2D eigenvalue weighted by atomic mass is 19.1. The first-order valence-electron chi connectivity index (χ1n) is 8.73. The average molecular weight is 370 g/mol. The predicted octanol–water partition coefficient (Wildman–Crippen LogP) is 1.23. The maximum absolute atomic E-state index is 14.0. The minimum Gasteiger partial charge on any atom is -0.334 e. The molecule has 140 valence electrons. The van der Waals surface area contributed by atoms with Crippen molar-refractivity contribution in [2.75, 3.05) is 0 Å². The zero-order valence-corrected chi connectivity index (χ0v) is 14.9. The Morgan fingerprint density at radius 2 is 2.04 bits per heavy atom. The highest BCUT2D eigenvalue weighted by Crippen LogP contribution is 2.29. The van der Waals surface area contributed by atoms with Gasteiger partial charge in [0.15, 0.2) is 0 Å². The molecule has 2 aromatic rings. The molecule has 0 spiro atoms. The van der Waals surface area contributed by atoms with Crippen LogP contribution >= 0.6 is 0 Å². The van der Waals surface area contributed by atoms with Crippen LogP contribution in [0.1, 0.15) is 30.9 Å². The summed E-state index contributed by atoms with van der Waals surface area (Å²) in [5, 5.41) is 9.10. The molecule has 0 atom stereocenters. The van der Waals surface area contributed by atoms with Gasteiger partial charge in [0.05, 0.1) is 0 Å². The van der Waals surface area contributed by atoms with E-state index in [1.54, 1.807) is 31.2 Å². The molecule has 1 aliphatic carbocycles. The van der Waals surface area contributed by atoms with Crippen LogP contribution in [0.3, 0.4) is 0 Å². The van der Waals surface area contributed by atoms with Crippen molar-refractivity contribution in [3.63, 3.8) is 0 Å². The number of benzene rings is 1. The number of hydrogen-bond donors (Lipinski definition) is 0. The number of nitriles is 1. The van der Waals surface area contributed by atoms with E-state index >= 15 is 0 Å². The molecule has 0 aliphatic heterocycles. The maximum Gasteiger partial charge on any atom is 0.331 e. The minimum absolute atomic E-state index is 0.0274. The number of carbonyl (C=O) groups excluding carboxylic acids is 1. The van der Waals surface area contributed by atoms with Crippen molar-refractivity contribution in [1.82, 2.24) is 14.0 Å². The topological polar surface area (TPSA) is 88.1 Å². The van der Waals surface area contributed by atoms with Gasteiger partial charge in [-0.05, 0) is 25.8 Å². The van der Waals surface area contributed by atoms with Gasteiger partial charge in [0.25, 0.3) is 5.56 Å². The fourth-order valence-electron chi connectivity index (χ4n) is 2.94. The summed E-state index contributed by atoms with van der Waals surface area (Å²) in [6, 6.07) is 7.92. The number of carbonyl (C=O) groups is 1. The Kier molecular flexibility index (Phi) is 5.21. The van der Waals surface area contributed by atoms with Crippen LogP contribution in [-0.2, 0) is 24.4 Å². The molecule has 0 N–H and O–H groups in total. The maximum atomic E-state index is 14.0. The van der Waals surface area contributed by atoms with Gasteiger partial charge in [-0.2, -0.15) is 5.26 Å². The molecule has 0 unspecified atom stereocenters. The molecular weight excluding hydrogens is 351 g/mol. The van der Waals surface area contributed by atoms with Crippen LogP contribution in [0.4, 0.5) is 4.39 Å². The van der Waals surface area contributed by atoms with E-state index in [4.69, 9.17) is 5.26 Å². The quantitative estimate of drug-likeness (QED) is 0.765. The average Bonchev–Trinajstić information content (AvgIpc) is 3.49. The van der Waals surface area contributed by atoms with Crippen molar-refractivity contribution < 1.29 is 9.18 Å². The van der Waals surface area contributed by atoms with Crippen molar-refractivity contribution in [3.05, 3.63) is 68.2 Å². The van der Waals surface area contributed by atoms with Gasteiger partial charge >= 0.3 is 5.69 Å². The molecule has 0 radical (unpaired) electrons. The largest absolute Gasteiger partial charge is 0.334 e. The minimum atomic E-state index is -0.790. The Labute approximate surface area is 154 Å². The number of amides is 1. The van der Waals surface area contributed by atoms with Crippen LogP contribution in [0.2, 0.25) is 0 Å². The lowest BCUT2D eigenvalue weighted by Crippen LogP contribution is -2.45. The van der Waals surface area contributed by atoms with Crippen molar-refractivity contribution in [2.45, 2.75) is 45.4 Å². The van der Waals surface area contributed by atoms with Crippen LogP contribution in [-0.4, -0.2) is 26.0 Å². The second-order valence-corrected chi connectivity index (χ2v) is 6.46. The summed E-state index contributed by atoms with van der Waals surface area (Å²) in [6.45, 7) is 1.57. The summed E-state index contributed by atoms with van der Waals surface area (Å²) in [4.78, 5) is 39.1.